The van der Waals surface area contributed by atoms with Gasteiger partial charge in [0.15, 0.2) is 9.84 Å². The van der Waals surface area contributed by atoms with Crippen molar-refractivity contribution in [1.29, 1.82) is 0 Å². The van der Waals surface area contributed by atoms with Gasteiger partial charge in [-0.2, -0.15) is 0 Å². The van der Waals surface area contributed by atoms with Crippen LogP contribution in [0.4, 0.5) is 5.69 Å². The fourth-order valence-corrected chi connectivity index (χ4v) is 3.91. The summed E-state index contributed by atoms with van der Waals surface area (Å²) in [6, 6.07) is 13.8. The fourth-order valence-electron chi connectivity index (χ4n) is 2.75. The second-order valence-corrected chi connectivity index (χ2v) is 8.57. The summed E-state index contributed by atoms with van der Waals surface area (Å²) in [7, 11) is -3.22. The summed E-state index contributed by atoms with van der Waals surface area (Å²) in [6.45, 7) is 1.60. The van der Waals surface area contributed by atoms with E-state index in [1.54, 1.807) is 19.1 Å². The van der Waals surface area contributed by atoms with Crippen LogP contribution >= 0.6 is 11.6 Å². The van der Waals surface area contributed by atoms with Crippen LogP contribution in [-0.2, 0) is 14.6 Å². The molecule has 3 rings (SSSR count). The van der Waals surface area contributed by atoms with Gasteiger partial charge in [0.05, 0.1) is 10.6 Å². The van der Waals surface area contributed by atoms with Gasteiger partial charge in [-0.25, -0.2) is 8.42 Å². The molecule has 2 unspecified atom stereocenters. The van der Waals surface area contributed by atoms with Crippen LogP contribution in [0.2, 0.25) is 5.02 Å². The first-order chi connectivity index (χ1) is 11.4. The Morgan fingerprint density at radius 1 is 1.17 bits per heavy atom. The van der Waals surface area contributed by atoms with Crippen molar-refractivity contribution in [2.75, 3.05) is 11.1 Å². The van der Waals surface area contributed by atoms with E-state index in [0.717, 1.165) is 12.0 Å². The van der Waals surface area contributed by atoms with Crippen molar-refractivity contribution in [3.05, 3.63) is 59.1 Å². The average Bonchev–Trinajstić information content (AvgIpc) is 3.36. The molecule has 1 N–H and O–H groups in total. The molecule has 2 atom stereocenters. The maximum absolute atomic E-state index is 12.3. The molecule has 0 spiro atoms. The number of hydrogen-bond acceptors (Lipinski definition) is 3. The van der Waals surface area contributed by atoms with Crippen molar-refractivity contribution in [2.45, 2.75) is 24.2 Å². The molecule has 0 heterocycles. The lowest BCUT2D eigenvalue weighted by molar-refractivity contribution is -0.117. The number of carbonyl (C=O) groups is 1. The molecule has 24 heavy (non-hydrogen) atoms. The van der Waals surface area contributed by atoms with Gasteiger partial charge in [-0.1, -0.05) is 36.7 Å². The Bertz CT molecular complexity index is 862. The zero-order valence-corrected chi connectivity index (χ0v) is 14.8. The molecule has 2 aromatic rings. The van der Waals surface area contributed by atoms with Crippen molar-refractivity contribution in [3.63, 3.8) is 0 Å². The number of halogens is 1. The van der Waals surface area contributed by atoms with Crippen molar-refractivity contribution < 1.29 is 13.2 Å². The van der Waals surface area contributed by atoms with E-state index < -0.39 is 9.84 Å². The van der Waals surface area contributed by atoms with Crippen LogP contribution in [0.5, 0.6) is 0 Å². The molecule has 0 radical (unpaired) electrons. The summed E-state index contributed by atoms with van der Waals surface area (Å²) in [5.41, 5.74) is 1.60. The second kappa shape index (κ2) is 6.57. The number of rotatable bonds is 5. The Kier molecular flexibility index (Phi) is 4.65. The number of sulfone groups is 1. The van der Waals surface area contributed by atoms with E-state index >= 15 is 0 Å². The lowest BCUT2D eigenvalue weighted by atomic mass is 10.1. The minimum atomic E-state index is -3.22. The van der Waals surface area contributed by atoms with Gasteiger partial charge in [0.1, 0.15) is 0 Å². The summed E-state index contributed by atoms with van der Waals surface area (Å²) >= 11 is 6.17. The minimum Gasteiger partial charge on any atom is -0.326 e. The molecule has 0 bridgehead atoms. The van der Waals surface area contributed by atoms with Crippen LogP contribution in [0.3, 0.4) is 0 Å². The van der Waals surface area contributed by atoms with Crippen molar-refractivity contribution >= 4 is 33.0 Å². The molecule has 6 heteroatoms. The Labute approximate surface area is 146 Å². The van der Waals surface area contributed by atoms with Gasteiger partial charge in [0, 0.05) is 16.6 Å². The average molecular weight is 364 g/mol. The highest BCUT2D eigenvalue weighted by Crippen LogP contribution is 2.49. The topological polar surface area (TPSA) is 63.2 Å². The maximum atomic E-state index is 12.3. The van der Waals surface area contributed by atoms with Gasteiger partial charge in [0.25, 0.3) is 0 Å². The molecule has 2 aromatic carbocycles. The van der Waals surface area contributed by atoms with Crippen molar-refractivity contribution in [1.82, 2.24) is 0 Å². The molecule has 126 valence electrons. The van der Waals surface area contributed by atoms with E-state index in [9.17, 15) is 13.2 Å². The third kappa shape index (κ3) is 3.47. The fraction of sp³-hybridized carbons (Fsp3) is 0.278. The Morgan fingerprint density at radius 2 is 1.83 bits per heavy atom. The van der Waals surface area contributed by atoms with Gasteiger partial charge >= 0.3 is 0 Å². The van der Waals surface area contributed by atoms with E-state index in [2.05, 4.69) is 5.32 Å². The van der Waals surface area contributed by atoms with Crippen LogP contribution in [0.15, 0.2) is 53.4 Å². The van der Waals surface area contributed by atoms with Gasteiger partial charge < -0.3 is 5.32 Å². The number of amides is 1. The number of benzene rings is 2. The number of anilines is 1. The molecule has 1 saturated carbocycles. The summed E-state index contributed by atoms with van der Waals surface area (Å²) in [4.78, 5) is 12.6. The summed E-state index contributed by atoms with van der Waals surface area (Å²) in [5.74, 6) is 0.0497. The van der Waals surface area contributed by atoms with Gasteiger partial charge in [-0.15, -0.1) is 0 Å². The van der Waals surface area contributed by atoms with Crippen LogP contribution in [0.1, 0.15) is 24.8 Å². The molecule has 0 saturated heterocycles. The van der Waals surface area contributed by atoms with Gasteiger partial charge in [0.2, 0.25) is 5.91 Å². The van der Waals surface area contributed by atoms with Crippen molar-refractivity contribution in [2.24, 2.45) is 5.92 Å². The molecule has 4 nitrogen and oxygen atoms in total. The first kappa shape index (κ1) is 17.0. The molecule has 1 aliphatic rings. The Balaban J connectivity index is 1.65. The van der Waals surface area contributed by atoms with E-state index in [-0.39, 0.29) is 28.4 Å². The molecule has 0 aromatic heterocycles. The molecule has 1 amide bonds. The normalized spacial score (nSPS) is 19.8. The third-order valence-electron chi connectivity index (χ3n) is 4.29. The lowest BCUT2D eigenvalue weighted by Gasteiger charge is -2.07. The SMILES string of the molecule is CCS(=O)(=O)c1ccc(NC(=O)C2CC2c2ccccc2Cl)cc1. The van der Waals surface area contributed by atoms with E-state index in [1.807, 2.05) is 24.3 Å². The monoisotopic (exact) mass is 363 g/mol. The van der Waals surface area contributed by atoms with Crippen LogP contribution in [0.25, 0.3) is 0 Å². The van der Waals surface area contributed by atoms with E-state index in [1.165, 1.54) is 12.1 Å². The van der Waals surface area contributed by atoms with E-state index in [0.29, 0.717) is 10.7 Å². The Morgan fingerprint density at radius 3 is 2.46 bits per heavy atom. The van der Waals surface area contributed by atoms with Gasteiger partial charge in [-0.05, 0) is 48.2 Å². The molecule has 1 aliphatic carbocycles. The number of carbonyl (C=O) groups excluding carboxylic acids is 1. The number of nitrogens with one attached hydrogen (secondary N) is 1. The van der Waals surface area contributed by atoms with Crippen LogP contribution in [-0.4, -0.2) is 20.1 Å². The molecular weight excluding hydrogens is 346 g/mol. The molecule has 0 aliphatic heterocycles. The van der Waals surface area contributed by atoms with E-state index in [4.69, 9.17) is 11.6 Å². The Hall–Kier alpha value is -1.85. The van der Waals surface area contributed by atoms with Crippen molar-refractivity contribution in [3.8, 4) is 0 Å². The summed E-state index contributed by atoms with van der Waals surface area (Å²) in [5, 5.41) is 3.53. The highest BCUT2D eigenvalue weighted by molar-refractivity contribution is 7.91. The van der Waals surface area contributed by atoms with Gasteiger partial charge in [-0.3, -0.25) is 4.79 Å². The zero-order valence-electron chi connectivity index (χ0n) is 13.2. The largest absolute Gasteiger partial charge is 0.326 e. The first-order valence-electron chi connectivity index (χ1n) is 7.80. The smallest absolute Gasteiger partial charge is 0.228 e. The highest BCUT2D eigenvalue weighted by atomic mass is 35.5. The second-order valence-electron chi connectivity index (χ2n) is 5.89. The predicted molar refractivity (Wildman–Crippen MR) is 95.1 cm³/mol. The predicted octanol–water partition coefficient (Wildman–Crippen LogP) is 3.88. The molecular formula is C18H18ClNO3S. The highest BCUT2D eigenvalue weighted by Gasteiger charge is 2.44. The zero-order chi connectivity index (χ0) is 17.3. The summed E-state index contributed by atoms with van der Waals surface area (Å²) in [6.07, 6.45) is 0.776. The third-order valence-corrected chi connectivity index (χ3v) is 6.39. The molecule has 1 fully saturated rings. The summed E-state index contributed by atoms with van der Waals surface area (Å²) < 4.78 is 23.6. The first-order valence-corrected chi connectivity index (χ1v) is 9.83. The number of hydrogen-bond donors (Lipinski definition) is 1. The standard InChI is InChI=1S/C18H18ClNO3S/c1-2-24(22,23)13-9-7-12(8-10-13)20-18(21)16-11-15(16)14-5-3-4-6-17(14)19/h3-10,15-16H,2,11H2,1H3,(H,20,21). The van der Waals surface area contributed by atoms with Crippen LogP contribution in [0, 0.1) is 5.92 Å². The maximum Gasteiger partial charge on any atom is 0.228 e. The van der Waals surface area contributed by atoms with Crippen LogP contribution < -0.4 is 5.32 Å². The quantitative estimate of drug-likeness (QED) is 0.876. The lowest BCUT2D eigenvalue weighted by Crippen LogP contribution is -2.14. The minimum absolute atomic E-state index is 0.0558.